The summed E-state index contributed by atoms with van der Waals surface area (Å²) in [6.45, 7) is 4.42. The molecule has 6 heteroatoms. The third kappa shape index (κ3) is 3.20. The molecule has 0 N–H and O–H groups in total. The van der Waals surface area contributed by atoms with Crippen LogP contribution in [0, 0.1) is 5.82 Å². The van der Waals surface area contributed by atoms with Crippen molar-refractivity contribution in [3.63, 3.8) is 0 Å². The molecule has 3 atom stereocenters. The first kappa shape index (κ1) is 15.4. The molecule has 3 nitrogen and oxygen atoms in total. The quantitative estimate of drug-likeness (QED) is 0.789. The molecule has 1 aromatic heterocycles. The number of fused-ring (bicyclic) bond motifs is 1. The first-order chi connectivity index (χ1) is 9.40. The zero-order valence-electron chi connectivity index (χ0n) is 11.8. The highest BCUT2D eigenvalue weighted by atomic mass is 35.5. The Balaban J connectivity index is 2.40. The molecule has 2 rings (SSSR count). The monoisotopic (exact) mass is 316 g/mol. The number of nitrogens with zero attached hydrogens (tertiary/aromatic N) is 2. The van der Waals surface area contributed by atoms with E-state index in [-0.39, 0.29) is 16.4 Å². The topological polar surface area (TPSA) is 34.9 Å². The lowest BCUT2D eigenvalue weighted by atomic mass is 10.3. The molecule has 0 amide bonds. The summed E-state index contributed by atoms with van der Waals surface area (Å²) in [5.74, 6) is 0.431. The van der Waals surface area contributed by atoms with E-state index in [0.717, 1.165) is 23.3 Å². The lowest BCUT2D eigenvalue weighted by Gasteiger charge is -2.13. The van der Waals surface area contributed by atoms with Crippen LogP contribution in [0.25, 0.3) is 11.0 Å². The van der Waals surface area contributed by atoms with Gasteiger partial charge in [0.1, 0.15) is 11.6 Å². The number of hydrogen-bond donors (Lipinski definition) is 0. The van der Waals surface area contributed by atoms with Crippen molar-refractivity contribution in [3.05, 3.63) is 29.8 Å². The smallest absolute Gasteiger partial charge is 0.127 e. The number of aromatic nitrogens is 2. The molecule has 0 aliphatic carbocycles. The molecule has 2 aromatic rings. The van der Waals surface area contributed by atoms with Crippen LogP contribution in [-0.4, -0.2) is 25.3 Å². The predicted molar refractivity (Wildman–Crippen MR) is 82.1 cm³/mol. The van der Waals surface area contributed by atoms with Crippen molar-refractivity contribution >= 4 is 33.4 Å². The molecule has 0 saturated heterocycles. The predicted octanol–water partition coefficient (Wildman–Crippen LogP) is 3.63. The Morgan fingerprint density at radius 3 is 2.75 bits per heavy atom. The number of benzene rings is 1. The second kappa shape index (κ2) is 6.22. The van der Waals surface area contributed by atoms with E-state index in [4.69, 9.17) is 11.6 Å². The second-order valence-corrected chi connectivity index (χ2v) is 7.43. The number of rotatable bonds is 5. The standard InChI is InChI=1S/C14H18ClFN2OS/c1-9(20(3)19)6-7-18-13-8-11(16)4-5-12(13)17-14(18)10(2)15/h4-5,8-10H,6-7H2,1-3H3. The zero-order valence-corrected chi connectivity index (χ0v) is 13.3. The molecule has 3 unspecified atom stereocenters. The maximum absolute atomic E-state index is 13.4. The number of alkyl halides is 1. The molecule has 0 aliphatic rings. The van der Waals surface area contributed by atoms with Crippen molar-refractivity contribution in [2.75, 3.05) is 6.26 Å². The van der Waals surface area contributed by atoms with Crippen LogP contribution in [0.3, 0.4) is 0 Å². The lowest BCUT2D eigenvalue weighted by molar-refractivity contribution is 0.603. The minimum atomic E-state index is -0.868. The molecule has 0 radical (unpaired) electrons. The van der Waals surface area contributed by atoms with E-state index in [9.17, 15) is 8.60 Å². The van der Waals surface area contributed by atoms with Gasteiger partial charge in [-0.15, -0.1) is 11.6 Å². The second-order valence-electron chi connectivity index (χ2n) is 4.97. The van der Waals surface area contributed by atoms with E-state index < -0.39 is 10.8 Å². The van der Waals surface area contributed by atoms with Crippen molar-refractivity contribution < 1.29 is 8.60 Å². The summed E-state index contributed by atoms with van der Waals surface area (Å²) in [5.41, 5.74) is 1.47. The van der Waals surface area contributed by atoms with Crippen LogP contribution in [0.2, 0.25) is 0 Å². The number of halogens is 2. The molecule has 0 aliphatic heterocycles. The van der Waals surface area contributed by atoms with E-state index >= 15 is 0 Å². The SMILES string of the molecule is CC(Cl)c1nc2ccc(F)cc2n1CCC(C)S(C)=O. The normalized spacial score (nSPS) is 16.2. The number of imidazole rings is 1. The number of aryl methyl sites for hydroxylation is 1. The van der Waals surface area contributed by atoms with Gasteiger partial charge in [-0.25, -0.2) is 9.37 Å². The molecular weight excluding hydrogens is 299 g/mol. The summed E-state index contributed by atoms with van der Waals surface area (Å²) in [5, 5.41) is -0.174. The van der Waals surface area contributed by atoms with Crippen LogP contribution in [0.1, 0.15) is 31.5 Å². The molecule has 20 heavy (non-hydrogen) atoms. The molecule has 1 heterocycles. The van der Waals surface area contributed by atoms with Crippen LogP contribution in [0.5, 0.6) is 0 Å². The number of hydrogen-bond acceptors (Lipinski definition) is 2. The van der Waals surface area contributed by atoms with Crippen molar-refractivity contribution in [1.29, 1.82) is 0 Å². The molecular formula is C14H18ClFN2OS. The maximum Gasteiger partial charge on any atom is 0.127 e. The largest absolute Gasteiger partial charge is 0.327 e. The Hall–Kier alpha value is -0.940. The van der Waals surface area contributed by atoms with Gasteiger partial charge in [-0.2, -0.15) is 0 Å². The molecule has 1 aromatic carbocycles. The maximum atomic E-state index is 13.4. The third-order valence-electron chi connectivity index (χ3n) is 3.42. The van der Waals surface area contributed by atoms with E-state index in [1.807, 2.05) is 18.4 Å². The van der Waals surface area contributed by atoms with E-state index in [1.54, 1.807) is 12.3 Å². The molecule has 0 saturated carbocycles. The average molecular weight is 317 g/mol. The highest BCUT2D eigenvalue weighted by Crippen LogP contribution is 2.25. The fraction of sp³-hybridized carbons (Fsp3) is 0.500. The Morgan fingerprint density at radius 2 is 2.15 bits per heavy atom. The Kier molecular flexibility index (Phi) is 4.81. The van der Waals surface area contributed by atoms with Gasteiger partial charge in [0.25, 0.3) is 0 Å². The van der Waals surface area contributed by atoms with Crippen molar-refractivity contribution in [2.24, 2.45) is 0 Å². The molecule has 110 valence electrons. The zero-order chi connectivity index (χ0) is 14.9. The van der Waals surface area contributed by atoms with Gasteiger partial charge in [0, 0.05) is 28.9 Å². The summed E-state index contributed by atoms with van der Waals surface area (Å²) in [6, 6.07) is 4.52. The van der Waals surface area contributed by atoms with Crippen LogP contribution in [0.15, 0.2) is 18.2 Å². The first-order valence-corrected chi connectivity index (χ1v) is 8.58. The van der Waals surface area contributed by atoms with Crippen LogP contribution in [0.4, 0.5) is 4.39 Å². The summed E-state index contributed by atoms with van der Waals surface area (Å²) < 4.78 is 26.8. The molecule has 0 spiro atoms. The Labute approximate surface area is 125 Å². The van der Waals surface area contributed by atoms with Gasteiger partial charge in [-0.05, 0) is 31.5 Å². The third-order valence-corrected chi connectivity index (χ3v) is 4.99. The van der Waals surface area contributed by atoms with Crippen LogP contribution >= 0.6 is 11.6 Å². The first-order valence-electron chi connectivity index (χ1n) is 6.52. The van der Waals surface area contributed by atoms with Gasteiger partial charge in [0.15, 0.2) is 0 Å². The fourth-order valence-corrected chi connectivity index (χ4v) is 2.73. The molecule has 0 fully saturated rings. The van der Waals surface area contributed by atoms with Gasteiger partial charge in [0.05, 0.1) is 16.4 Å². The van der Waals surface area contributed by atoms with Gasteiger partial charge >= 0.3 is 0 Å². The van der Waals surface area contributed by atoms with E-state index in [2.05, 4.69) is 4.98 Å². The van der Waals surface area contributed by atoms with Gasteiger partial charge in [-0.3, -0.25) is 4.21 Å². The van der Waals surface area contributed by atoms with Crippen LogP contribution < -0.4 is 0 Å². The van der Waals surface area contributed by atoms with E-state index in [0.29, 0.717) is 6.54 Å². The average Bonchev–Trinajstić information content (AvgIpc) is 2.73. The summed E-state index contributed by atoms with van der Waals surface area (Å²) in [6.07, 6.45) is 2.43. The summed E-state index contributed by atoms with van der Waals surface area (Å²) in [4.78, 5) is 4.46. The van der Waals surface area contributed by atoms with Crippen LogP contribution in [-0.2, 0) is 17.3 Å². The van der Waals surface area contributed by atoms with Crippen molar-refractivity contribution in [1.82, 2.24) is 9.55 Å². The Morgan fingerprint density at radius 1 is 1.45 bits per heavy atom. The summed E-state index contributed by atoms with van der Waals surface area (Å²) >= 11 is 6.16. The highest BCUT2D eigenvalue weighted by Gasteiger charge is 2.16. The fourth-order valence-electron chi connectivity index (χ4n) is 2.13. The van der Waals surface area contributed by atoms with Crippen molar-refractivity contribution in [2.45, 2.75) is 37.4 Å². The van der Waals surface area contributed by atoms with Crippen molar-refractivity contribution in [3.8, 4) is 0 Å². The van der Waals surface area contributed by atoms with Gasteiger partial charge < -0.3 is 4.57 Å². The summed E-state index contributed by atoms with van der Waals surface area (Å²) in [7, 11) is -0.868. The van der Waals surface area contributed by atoms with Gasteiger partial charge in [0.2, 0.25) is 0 Å². The Bertz CT molecular complexity index is 641. The highest BCUT2D eigenvalue weighted by molar-refractivity contribution is 7.84. The lowest BCUT2D eigenvalue weighted by Crippen LogP contribution is -2.14. The van der Waals surface area contributed by atoms with Gasteiger partial charge in [-0.1, -0.05) is 6.92 Å². The van der Waals surface area contributed by atoms with E-state index in [1.165, 1.54) is 12.1 Å². The molecule has 0 bridgehead atoms. The minimum absolute atomic E-state index is 0.0829. The minimum Gasteiger partial charge on any atom is -0.327 e.